The molecule has 0 aliphatic heterocycles. The minimum absolute atomic E-state index is 0.188. The van der Waals surface area contributed by atoms with Crippen molar-refractivity contribution in [1.82, 2.24) is 4.98 Å². The highest BCUT2D eigenvalue weighted by Gasteiger charge is 2.14. The molecule has 0 aliphatic rings. The van der Waals surface area contributed by atoms with Gasteiger partial charge in [0.2, 0.25) is 0 Å². The van der Waals surface area contributed by atoms with E-state index < -0.39 is 20.5 Å². The Morgan fingerprint density at radius 1 is 1.50 bits per heavy atom. The van der Waals surface area contributed by atoms with E-state index in [4.69, 9.17) is 0 Å². The number of hydrogen-bond acceptors (Lipinski definition) is 6. The van der Waals surface area contributed by atoms with Crippen LogP contribution in [-0.4, -0.2) is 21.8 Å². The molecular weight excluding hydrogens is 224 g/mol. The van der Waals surface area contributed by atoms with Gasteiger partial charge in [0.25, 0.3) is 0 Å². The third-order valence-corrected chi connectivity index (χ3v) is 4.19. The normalized spacial score (nSPS) is 11.0. The summed E-state index contributed by atoms with van der Waals surface area (Å²) in [6.45, 7) is 0. The molecule has 6 nitrogen and oxygen atoms in total. The number of aromatic nitrogens is 1. The SMILES string of the molecule is O=S(=O)=NS(=O)(=O)c1cncs1. The maximum Gasteiger partial charge on any atom is 0.327 e. The summed E-state index contributed by atoms with van der Waals surface area (Å²) in [5.74, 6) is 0. The van der Waals surface area contributed by atoms with Crippen LogP contribution in [0.25, 0.3) is 0 Å². The van der Waals surface area contributed by atoms with Gasteiger partial charge in [0.15, 0.2) is 4.21 Å². The summed E-state index contributed by atoms with van der Waals surface area (Å²) in [6.07, 6.45) is 1.04. The van der Waals surface area contributed by atoms with Crippen molar-refractivity contribution in [2.24, 2.45) is 3.77 Å². The second-order valence-electron chi connectivity index (χ2n) is 1.59. The molecule has 9 heteroatoms. The van der Waals surface area contributed by atoms with E-state index in [9.17, 15) is 16.8 Å². The molecule has 0 saturated carbocycles. The summed E-state index contributed by atoms with van der Waals surface area (Å²) in [5, 5.41) is 0. The van der Waals surface area contributed by atoms with Crippen LogP contribution >= 0.6 is 11.3 Å². The van der Waals surface area contributed by atoms with E-state index in [2.05, 4.69) is 8.75 Å². The molecule has 1 heterocycles. The lowest BCUT2D eigenvalue weighted by molar-refractivity contribution is 0.598. The van der Waals surface area contributed by atoms with Crippen molar-refractivity contribution in [1.29, 1.82) is 0 Å². The van der Waals surface area contributed by atoms with E-state index in [-0.39, 0.29) is 4.21 Å². The summed E-state index contributed by atoms with van der Waals surface area (Å²) >= 11 is 0.806. The first-order valence-corrected chi connectivity index (χ1v) is 5.83. The fourth-order valence-electron chi connectivity index (χ4n) is 0.448. The zero-order chi connectivity index (χ0) is 9.19. The molecule has 0 N–H and O–H groups in total. The molecule has 0 atom stereocenters. The van der Waals surface area contributed by atoms with E-state index in [1.165, 1.54) is 5.51 Å². The minimum Gasteiger partial charge on any atom is -0.252 e. The summed E-state index contributed by atoms with van der Waals surface area (Å²) in [7, 11) is -7.00. The van der Waals surface area contributed by atoms with Crippen LogP contribution in [0.2, 0.25) is 0 Å². The van der Waals surface area contributed by atoms with E-state index in [1.807, 2.05) is 0 Å². The molecule has 0 aromatic carbocycles. The topological polar surface area (TPSA) is 93.5 Å². The van der Waals surface area contributed by atoms with Crippen LogP contribution in [0.15, 0.2) is 19.7 Å². The van der Waals surface area contributed by atoms with Crippen molar-refractivity contribution in [3.05, 3.63) is 11.7 Å². The number of hydrogen-bond donors (Lipinski definition) is 0. The number of thiazole rings is 1. The molecule has 1 aromatic rings. The first kappa shape index (κ1) is 9.29. The Morgan fingerprint density at radius 3 is 2.58 bits per heavy atom. The van der Waals surface area contributed by atoms with Crippen LogP contribution in [0.1, 0.15) is 0 Å². The molecule has 12 heavy (non-hydrogen) atoms. The summed E-state index contributed by atoms with van der Waals surface area (Å²) < 4.78 is 44.0. The zero-order valence-electron chi connectivity index (χ0n) is 5.41. The van der Waals surface area contributed by atoms with E-state index in [0.717, 1.165) is 17.5 Å². The molecule has 0 spiro atoms. The van der Waals surface area contributed by atoms with Crippen molar-refractivity contribution in [3.8, 4) is 0 Å². The van der Waals surface area contributed by atoms with Crippen molar-refractivity contribution in [2.45, 2.75) is 4.21 Å². The van der Waals surface area contributed by atoms with Gasteiger partial charge < -0.3 is 0 Å². The lowest BCUT2D eigenvalue weighted by Crippen LogP contribution is -1.91. The average molecular weight is 226 g/mol. The molecule has 0 aliphatic carbocycles. The van der Waals surface area contributed by atoms with Crippen LogP contribution in [-0.2, 0) is 20.5 Å². The monoisotopic (exact) mass is 226 g/mol. The Morgan fingerprint density at radius 2 is 2.17 bits per heavy atom. The van der Waals surface area contributed by atoms with Gasteiger partial charge in [0.05, 0.1) is 11.7 Å². The van der Waals surface area contributed by atoms with Gasteiger partial charge in [-0.2, -0.15) is 16.8 Å². The highest BCUT2D eigenvalue weighted by molar-refractivity contribution is 7.95. The highest BCUT2D eigenvalue weighted by Crippen LogP contribution is 2.15. The maximum atomic E-state index is 10.9. The zero-order valence-corrected chi connectivity index (χ0v) is 7.86. The van der Waals surface area contributed by atoms with Gasteiger partial charge >= 0.3 is 20.5 Å². The standard InChI is InChI=1S/C3H2N2O4S3/c6-11(7)5-12(8,9)3-1-4-2-10-3/h1-2H. The predicted octanol–water partition coefficient (Wildman–Crippen LogP) is -0.105. The van der Waals surface area contributed by atoms with Crippen molar-refractivity contribution in [2.75, 3.05) is 0 Å². The second-order valence-corrected chi connectivity index (χ2v) is 5.15. The number of nitrogens with zero attached hydrogens (tertiary/aromatic N) is 2. The van der Waals surface area contributed by atoms with Gasteiger partial charge in [-0.05, 0) is 3.77 Å². The van der Waals surface area contributed by atoms with Crippen LogP contribution in [0, 0.1) is 0 Å². The molecule has 0 radical (unpaired) electrons. The lowest BCUT2D eigenvalue weighted by Gasteiger charge is -1.84. The third kappa shape index (κ3) is 2.09. The van der Waals surface area contributed by atoms with E-state index >= 15 is 0 Å². The molecule has 0 unspecified atom stereocenters. The Bertz CT molecular complexity index is 474. The number of rotatable bonds is 2. The minimum atomic E-state index is -4.05. The first-order valence-electron chi connectivity index (χ1n) is 2.48. The van der Waals surface area contributed by atoms with Gasteiger partial charge in [0, 0.05) is 0 Å². The second kappa shape index (κ2) is 3.29. The first-order chi connectivity index (χ1) is 5.52. The van der Waals surface area contributed by atoms with Crippen LogP contribution < -0.4 is 0 Å². The molecule has 0 saturated heterocycles. The van der Waals surface area contributed by atoms with Gasteiger partial charge in [-0.1, -0.05) is 0 Å². The van der Waals surface area contributed by atoms with Crippen LogP contribution in [0.3, 0.4) is 0 Å². The van der Waals surface area contributed by atoms with Crippen molar-refractivity contribution >= 4 is 31.9 Å². The third-order valence-electron chi connectivity index (χ3n) is 0.823. The van der Waals surface area contributed by atoms with Crippen molar-refractivity contribution in [3.63, 3.8) is 0 Å². The highest BCUT2D eigenvalue weighted by atomic mass is 32.3. The van der Waals surface area contributed by atoms with Crippen LogP contribution in [0.5, 0.6) is 0 Å². The largest absolute Gasteiger partial charge is 0.327 e. The molecule has 0 bridgehead atoms. The van der Waals surface area contributed by atoms with Gasteiger partial charge in [-0.25, -0.2) is 0 Å². The quantitative estimate of drug-likeness (QED) is 0.701. The predicted molar refractivity (Wildman–Crippen MR) is 40.6 cm³/mol. The average Bonchev–Trinajstić information content (AvgIpc) is 2.32. The fraction of sp³-hybridized carbons (Fsp3) is 0. The fourth-order valence-corrected chi connectivity index (χ4v) is 2.81. The molecule has 66 valence electrons. The smallest absolute Gasteiger partial charge is 0.252 e. The molecule has 1 rings (SSSR count). The lowest BCUT2D eigenvalue weighted by atomic mass is 11.0. The van der Waals surface area contributed by atoms with Gasteiger partial charge in [0.1, 0.15) is 0 Å². The maximum absolute atomic E-state index is 10.9. The van der Waals surface area contributed by atoms with E-state index in [1.54, 1.807) is 0 Å². The Balaban J connectivity index is 3.31. The van der Waals surface area contributed by atoms with Crippen molar-refractivity contribution < 1.29 is 16.8 Å². The Kier molecular flexibility index (Phi) is 2.55. The molecular formula is C3H2N2O4S3. The Hall–Kier alpha value is -0.800. The van der Waals surface area contributed by atoms with Gasteiger partial charge in [-0.15, -0.1) is 11.3 Å². The summed E-state index contributed by atoms with van der Waals surface area (Å²) in [5.41, 5.74) is 1.27. The summed E-state index contributed by atoms with van der Waals surface area (Å²) in [4.78, 5) is 3.47. The molecule has 0 amide bonds. The summed E-state index contributed by atoms with van der Waals surface area (Å²) in [6, 6.07) is 0. The van der Waals surface area contributed by atoms with E-state index in [0.29, 0.717) is 0 Å². The van der Waals surface area contributed by atoms with Crippen LogP contribution in [0.4, 0.5) is 0 Å². The number of sulfonamides is 1. The van der Waals surface area contributed by atoms with Gasteiger partial charge in [-0.3, -0.25) is 4.98 Å². The molecule has 0 fully saturated rings. The molecule has 1 aromatic heterocycles. The Labute approximate surface area is 73.6 Å².